The van der Waals surface area contributed by atoms with Gasteiger partial charge in [0.1, 0.15) is 17.0 Å². The second-order valence-corrected chi connectivity index (χ2v) is 3.63. The summed E-state index contributed by atoms with van der Waals surface area (Å²) in [5.41, 5.74) is 6.47. The predicted octanol–water partition coefficient (Wildman–Crippen LogP) is 2.98. The van der Waals surface area contributed by atoms with E-state index in [1.165, 1.54) is 0 Å². The van der Waals surface area contributed by atoms with Crippen LogP contribution in [0.2, 0.25) is 5.15 Å². The van der Waals surface area contributed by atoms with Gasteiger partial charge in [-0.15, -0.1) is 0 Å². The fourth-order valence-electron chi connectivity index (χ4n) is 1.26. The molecular formula is C12H8ClN3O. The Morgan fingerprint density at radius 1 is 1.24 bits per heavy atom. The van der Waals surface area contributed by atoms with Crippen LogP contribution in [0, 0.1) is 11.3 Å². The number of nitriles is 1. The Balaban J connectivity index is 2.38. The van der Waals surface area contributed by atoms with Gasteiger partial charge in [0.25, 0.3) is 0 Å². The Hall–Kier alpha value is -2.25. The molecule has 0 spiro atoms. The van der Waals surface area contributed by atoms with Crippen molar-refractivity contribution in [3.63, 3.8) is 0 Å². The predicted molar refractivity (Wildman–Crippen MR) is 64.9 cm³/mol. The van der Waals surface area contributed by atoms with Crippen LogP contribution in [0.3, 0.4) is 0 Å². The van der Waals surface area contributed by atoms with E-state index in [1.54, 1.807) is 36.4 Å². The molecule has 84 valence electrons. The molecule has 1 aromatic heterocycles. The van der Waals surface area contributed by atoms with Gasteiger partial charge in [-0.1, -0.05) is 23.7 Å². The van der Waals surface area contributed by atoms with Crippen molar-refractivity contribution in [1.29, 1.82) is 5.26 Å². The minimum absolute atomic E-state index is 0.195. The molecule has 0 bridgehead atoms. The normalized spacial score (nSPS) is 9.65. The Labute approximate surface area is 103 Å². The molecule has 0 amide bonds. The van der Waals surface area contributed by atoms with E-state index in [4.69, 9.17) is 27.3 Å². The average molecular weight is 246 g/mol. The van der Waals surface area contributed by atoms with Gasteiger partial charge in [0.2, 0.25) is 5.88 Å². The summed E-state index contributed by atoms with van der Waals surface area (Å²) in [7, 11) is 0. The number of aromatic nitrogens is 1. The number of nitrogens with two attached hydrogens (primary N) is 1. The molecule has 0 aliphatic heterocycles. The molecule has 0 saturated heterocycles. The summed E-state index contributed by atoms with van der Waals surface area (Å²) < 4.78 is 5.47. The molecule has 0 aliphatic rings. The molecule has 2 aromatic rings. The molecule has 17 heavy (non-hydrogen) atoms. The first kappa shape index (κ1) is 11.2. The Morgan fingerprint density at radius 2 is 2.00 bits per heavy atom. The lowest BCUT2D eigenvalue weighted by Gasteiger charge is -2.08. The lowest BCUT2D eigenvalue weighted by Crippen LogP contribution is -1.96. The summed E-state index contributed by atoms with van der Waals surface area (Å²) in [5, 5.41) is 9.19. The Morgan fingerprint density at radius 3 is 2.76 bits per heavy atom. The van der Waals surface area contributed by atoms with Crippen LogP contribution < -0.4 is 10.5 Å². The van der Waals surface area contributed by atoms with Gasteiger partial charge in [-0.05, 0) is 24.3 Å². The number of benzene rings is 1. The highest BCUT2D eigenvalue weighted by molar-refractivity contribution is 6.29. The third-order valence-corrected chi connectivity index (χ3v) is 2.28. The van der Waals surface area contributed by atoms with Crippen LogP contribution in [-0.2, 0) is 0 Å². The average Bonchev–Trinajstić information content (AvgIpc) is 2.34. The van der Waals surface area contributed by atoms with Crippen molar-refractivity contribution in [1.82, 2.24) is 4.98 Å². The minimum Gasteiger partial charge on any atom is -0.436 e. The lowest BCUT2D eigenvalue weighted by atomic mass is 10.2. The standard InChI is InChI=1S/C12H8ClN3O/c13-11-6-5-9(15)12(16-11)17-10-4-2-1-3-8(10)7-14/h1-6H,15H2. The lowest BCUT2D eigenvalue weighted by molar-refractivity contribution is 0.464. The zero-order valence-corrected chi connectivity index (χ0v) is 9.48. The number of nitrogens with zero attached hydrogens (tertiary/aromatic N) is 2. The SMILES string of the molecule is N#Cc1ccccc1Oc1nc(Cl)ccc1N. The first-order chi connectivity index (χ1) is 8.20. The summed E-state index contributed by atoms with van der Waals surface area (Å²) in [6, 6.07) is 12.0. The maximum absolute atomic E-state index is 8.91. The Bertz CT molecular complexity index is 593. The van der Waals surface area contributed by atoms with Crippen LogP contribution in [0.25, 0.3) is 0 Å². The third kappa shape index (κ3) is 2.47. The first-order valence-electron chi connectivity index (χ1n) is 4.79. The second-order valence-electron chi connectivity index (χ2n) is 3.24. The highest BCUT2D eigenvalue weighted by atomic mass is 35.5. The van der Waals surface area contributed by atoms with E-state index in [0.29, 0.717) is 17.0 Å². The molecule has 1 heterocycles. The fraction of sp³-hybridized carbons (Fsp3) is 0. The van der Waals surface area contributed by atoms with Crippen molar-refractivity contribution in [2.24, 2.45) is 0 Å². The van der Waals surface area contributed by atoms with E-state index in [2.05, 4.69) is 4.98 Å². The van der Waals surface area contributed by atoms with Crippen LogP contribution in [0.15, 0.2) is 36.4 Å². The van der Waals surface area contributed by atoms with E-state index in [1.807, 2.05) is 6.07 Å². The highest BCUT2D eigenvalue weighted by Crippen LogP contribution is 2.28. The number of halogens is 1. The zero-order valence-electron chi connectivity index (χ0n) is 8.72. The molecule has 0 fully saturated rings. The molecule has 0 radical (unpaired) electrons. The van der Waals surface area contributed by atoms with Gasteiger partial charge in [-0.3, -0.25) is 0 Å². The molecular weight excluding hydrogens is 238 g/mol. The van der Waals surface area contributed by atoms with E-state index in [0.717, 1.165) is 0 Å². The zero-order chi connectivity index (χ0) is 12.3. The highest BCUT2D eigenvalue weighted by Gasteiger charge is 2.08. The van der Waals surface area contributed by atoms with Crippen molar-refractivity contribution < 1.29 is 4.74 Å². The minimum atomic E-state index is 0.195. The quantitative estimate of drug-likeness (QED) is 0.826. The fourth-order valence-corrected chi connectivity index (χ4v) is 1.40. The molecule has 2 N–H and O–H groups in total. The van der Waals surface area contributed by atoms with Gasteiger partial charge < -0.3 is 10.5 Å². The van der Waals surface area contributed by atoms with Gasteiger partial charge in [0.05, 0.1) is 11.3 Å². The summed E-state index contributed by atoms with van der Waals surface area (Å²) in [6.07, 6.45) is 0. The number of hydrogen-bond donors (Lipinski definition) is 1. The first-order valence-corrected chi connectivity index (χ1v) is 5.17. The molecule has 0 atom stereocenters. The molecule has 5 heteroatoms. The number of ether oxygens (including phenoxy) is 1. The molecule has 1 aromatic carbocycles. The monoisotopic (exact) mass is 245 g/mol. The topological polar surface area (TPSA) is 71.9 Å². The molecule has 0 unspecified atom stereocenters. The van der Waals surface area contributed by atoms with Gasteiger partial charge >= 0.3 is 0 Å². The molecule has 4 nitrogen and oxygen atoms in total. The van der Waals surface area contributed by atoms with Crippen LogP contribution >= 0.6 is 11.6 Å². The molecule has 0 aliphatic carbocycles. The van der Waals surface area contributed by atoms with Crippen LogP contribution in [0.1, 0.15) is 5.56 Å². The van der Waals surface area contributed by atoms with Gasteiger partial charge in [0, 0.05) is 0 Å². The van der Waals surface area contributed by atoms with Crippen LogP contribution in [0.5, 0.6) is 11.6 Å². The number of para-hydroxylation sites is 1. The number of pyridine rings is 1. The van der Waals surface area contributed by atoms with Gasteiger partial charge in [0.15, 0.2) is 0 Å². The Kier molecular flexibility index (Phi) is 3.12. The third-order valence-electron chi connectivity index (χ3n) is 2.07. The molecule has 2 rings (SSSR count). The van der Waals surface area contributed by atoms with Gasteiger partial charge in [-0.25, -0.2) is 0 Å². The van der Waals surface area contributed by atoms with Crippen LogP contribution in [-0.4, -0.2) is 4.98 Å². The smallest absolute Gasteiger partial charge is 0.244 e. The van der Waals surface area contributed by atoms with Crippen molar-refractivity contribution >= 4 is 17.3 Å². The van der Waals surface area contributed by atoms with Gasteiger partial charge in [-0.2, -0.15) is 10.2 Å². The number of nitrogen functional groups attached to an aromatic ring is 1. The maximum Gasteiger partial charge on any atom is 0.244 e. The van der Waals surface area contributed by atoms with Crippen LogP contribution in [0.4, 0.5) is 5.69 Å². The summed E-state index contributed by atoms with van der Waals surface area (Å²) in [6.45, 7) is 0. The van der Waals surface area contributed by atoms with Crippen molar-refractivity contribution in [3.05, 3.63) is 47.1 Å². The largest absolute Gasteiger partial charge is 0.436 e. The van der Waals surface area contributed by atoms with E-state index < -0.39 is 0 Å². The van der Waals surface area contributed by atoms with Crippen molar-refractivity contribution in [2.45, 2.75) is 0 Å². The second kappa shape index (κ2) is 4.73. The summed E-state index contributed by atoms with van der Waals surface area (Å²) in [4.78, 5) is 3.95. The van der Waals surface area contributed by atoms with Crippen molar-refractivity contribution in [3.8, 4) is 17.7 Å². The summed E-state index contributed by atoms with van der Waals surface area (Å²) in [5.74, 6) is 0.594. The van der Waals surface area contributed by atoms with E-state index >= 15 is 0 Å². The number of anilines is 1. The van der Waals surface area contributed by atoms with E-state index in [-0.39, 0.29) is 11.0 Å². The maximum atomic E-state index is 8.91. The number of rotatable bonds is 2. The van der Waals surface area contributed by atoms with E-state index in [9.17, 15) is 0 Å². The van der Waals surface area contributed by atoms with Crippen molar-refractivity contribution in [2.75, 3.05) is 5.73 Å². The summed E-state index contributed by atoms with van der Waals surface area (Å²) >= 11 is 5.75. The molecule has 0 saturated carbocycles. The number of hydrogen-bond acceptors (Lipinski definition) is 4.